The van der Waals surface area contributed by atoms with E-state index in [0.29, 0.717) is 0 Å². The summed E-state index contributed by atoms with van der Waals surface area (Å²) in [4.78, 5) is 25.1. The van der Waals surface area contributed by atoms with Gasteiger partial charge in [0.1, 0.15) is 0 Å². The molecule has 0 aliphatic carbocycles. The lowest BCUT2D eigenvalue weighted by atomic mass is 10.4. The van der Waals surface area contributed by atoms with Crippen LogP contribution in [0.15, 0.2) is 0 Å². The second kappa shape index (κ2) is 6.38. The third kappa shape index (κ3) is 8.77. The van der Waals surface area contributed by atoms with Crippen LogP contribution in [0.5, 0.6) is 0 Å². The van der Waals surface area contributed by atoms with E-state index >= 15 is 0 Å². The normalized spacial score (nSPS) is 10.1. The zero-order valence-corrected chi connectivity index (χ0v) is 7.66. The van der Waals surface area contributed by atoms with Crippen molar-refractivity contribution in [2.45, 2.75) is 19.9 Å². The fraction of sp³-hybridized carbons (Fsp3) is 0.714. The zero-order chi connectivity index (χ0) is 10.3. The fourth-order valence-corrected chi connectivity index (χ4v) is 0.511. The number of hydrogen-bond donors (Lipinski definition) is 3. The van der Waals surface area contributed by atoms with E-state index in [0.717, 1.165) is 0 Å². The topological polar surface area (TPSA) is 87.7 Å². The van der Waals surface area contributed by atoms with Gasteiger partial charge in [0.15, 0.2) is 6.61 Å². The monoisotopic (exact) mass is 190 g/mol. The minimum absolute atomic E-state index is 0.108. The summed E-state index contributed by atoms with van der Waals surface area (Å²) in [5.41, 5.74) is 1.99. The number of aliphatic carboxylic acids is 1. The predicted octanol–water partition coefficient (Wildman–Crippen LogP) is -0.883. The molecule has 0 saturated carbocycles. The molecule has 0 saturated heterocycles. The van der Waals surface area contributed by atoms with Gasteiger partial charge in [-0.05, 0) is 0 Å². The maximum absolute atomic E-state index is 10.8. The van der Waals surface area contributed by atoms with E-state index in [9.17, 15) is 9.59 Å². The average Bonchev–Trinajstić information content (AvgIpc) is 2.00. The van der Waals surface area contributed by atoms with Gasteiger partial charge in [-0.3, -0.25) is 9.63 Å². The number of carbonyl (C=O) groups is 2. The summed E-state index contributed by atoms with van der Waals surface area (Å²) in [6.07, 6.45) is 0. The zero-order valence-electron chi connectivity index (χ0n) is 7.66. The SMILES string of the molecule is CC(C)NCC(=O)NOCC(=O)O. The summed E-state index contributed by atoms with van der Waals surface area (Å²) in [5.74, 6) is -1.52. The lowest BCUT2D eigenvalue weighted by molar-refractivity contribution is -0.149. The minimum atomic E-state index is -1.13. The standard InChI is InChI=1S/C7H14N2O4/c1-5(2)8-3-6(10)9-13-4-7(11)12/h5,8H,3-4H2,1-2H3,(H,9,10)(H,11,12). The molecule has 0 aromatic rings. The number of carboxylic acids is 1. The van der Waals surface area contributed by atoms with Crippen LogP contribution >= 0.6 is 0 Å². The first kappa shape index (κ1) is 11.9. The molecule has 6 heteroatoms. The Bertz CT molecular complexity index is 181. The Morgan fingerprint density at radius 3 is 2.54 bits per heavy atom. The molecular weight excluding hydrogens is 176 g/mol. The predicted molar refractivity (Wildman–Crippen MR) is 44.9 cm³/mol. The van der Waals surface area contributed by atoms with Crippen LogP contribution < -0.4 is 10.8 Å². The van der Waals surface area contributed by atoms with Crippen molar-refractivity contribution in [1.82, 2.24) is 10.8 Å². The van der Waals surface area contributed by atoms with Gasteiger partial charge in [-0.15, -0.1) is 0 Å². The van der Waals surface area contributed by atoms with E-state index in [1.54, 1.807) is 0 Å². The van der Waals surface area contributed by atoms with E-state index in [4.69, 9.17) is 5.11 Å². The van der Waals surface area contributed by atoms with Crippen LogP contribution in [-0.4, -0.2) is 36.2 Å². The molecule has 0 aromatic carbocycles. The Morgan fingerprint density at radius 2 is 2.08 bits per heavy atom. The molecule has 0 bridgehead atoms. The van der Waals surface area contributed by atoms with E-state index in [-0.39, 0.29) is 12.6 Å². The lowest BCUT2D eigenvalue weighted by Crippen LogP contribution is -2.37. The summed E-state index contributed by atoms with van der Waals surface area (Å²) in [5, 5.41) is 11.0. The second-order valence-electron chi connectivity index (χ2n) is 2.74. The highest BCUT2D eigenvalue weighted by Crippen LogP contribution is 1.75. The molecule has 0 aromatic heterocycles. The highest BCUT2D eigenvalue weighted by molar-refractivity contribution is 5.77. The molecule has 0 rings (SSSR count). The summed E-state index contributed by atoms with van der Waals surface area (Å²) in [6.45, 7) is 3.36. The van der Waals surface area contributed by atoms with Crippen molar-refractivity contribution < 1.29 is 19.5 Å². The first-order chi connectivity index (χ1) is 6.02. The number of nitrogens with one attached hydrogen (secondary N) is 2. The van der Waals surface area contributed by atoms with E-state index in [2.05, 4.69) is 10.2 Å². The number of carboxylic acid groups (broad SMARTS) is 1. The van der Waals surface area contributed by atoms with Crippen molar-refractivity contribution in [1.29, 1.82) is 0 Å². The molecule has 0 aliphatic rings. The van der Waals surface area contributed by atoms with Crippen LogP contribution in [0.4, 0.5) is 0 Å². The van der Waals surface area contributed by atoms with Gasteiger partial charge < -0.3 is 10.4 Å². The molecular formula is C7H14N2O4. The number of hydroxylamine groups is 1. The van der Waals surface area contributed by atoms with Gasteiger partial charge in [-0.25, -0.2) is 10.3 Å². The van der Waals surface area contributed by atoms with Crippen molar-refractivity contribution in [3.8, 4) is 0 Å². The Balaban J connectivity index is 3.35. The van der Waals surface area contributed by atoms with E-state index in [1.165, 1.54) is 0 Å². The van der Waals surface area contributed by atoms with Crippen LogP contribution in [0.2, 0.25) is 0 Å². The number of rotatable bonds is 6. The third-order valence-corrected chi connectivity index (χ3v) is 1.05. The summed E-state index contributed by atoms with van der Waals surface area (Å²) in [7, 11) is 0. The second-order valence-corrected chi connectivity index (χ2v) is 2.74. The number of hydrogen-bond acceptors (Lipinski definition) is 4. The molecule has 6 nitrogen and oxygen atoms in total. The summed E-state index contributed by atoms with van der Waals surface area (Å²) >= 11 is 0. The maximum Gasteiger partial charge on any atom is 0.332 e. The van der Waals surface area contributed by atoms with Crippen molar-refractivity contribution in [3.05, 3.63) is 0 Å². The Labute approximate surface area is 76.2 Å². The molecule has 76 valence electrons. The molecule has 13 heavy (non-hydrogen) atoms. The summed E-state index contributed by atoms with van der Waals surface area (Å²) < 4.78 is 0. The van der Waals surface area contributed by atoms with Crippen molar-refractivity contribution in [3.63, 3.8) is 0 Å². The van der Waals surface area contributed by atoms with Gasteiger partial charge in [0.25, 0.3) is 5.91 Å². The lowest BCUT2D eigenvalue weighted by Gasteiger charge is -2.07. The Kier molecular flexibility index (Phi) is 5.82. The largest absolute Gasteiger partial charge is 0.479 e. The highest BCUT2D eigenvalue weighted by atomic mass is 16.7. The van der Waals surface area contributed by atoms with Gasteiger partial charge >= 0.3 is 5.97 Å². The fourth-order valence-electron chi connectivity index (χ4n) is 0.511. The van der Waals surface area contributed by atoms with Crippen LogP contribution in [0.25, 0.3) is 0 Å². The van der Waals surface area contributed by atoms with Gasteiger partial charge in [-0.2, -0.15) is 0 Å². The maximum atomic E-state index is 10.8. The van der Waals surface area contributed by atoms with Crippen LogP contribution in [0.3, 0.4) is 0 Å². The molecule has 0 spiro atoms. The molecule has 0 aliphatic heterocycles. The number of carbonyl (C=O) groups excluding carboxylic acids is 1. The van der Waals surface area contributed by atoms with Crippen LogP contribution in [0.1, 0.15) is 13.8 Å². The van der Waals surface area contributed by atoms with Gasteiger partial charge in [0, 0.05) is 6.04 Å². The molecule has 0 atom stereocenters. The summed E-state index contributed by atoms with van der Waals surface area (Å²) in [6, 6.07) is 0.199. The van der Waals surface area contributed by atoms with E-state index in [1.807, 2.05) is 19.3 Å². The first-order valence-electron chi connectivity index (χ1n) is 3.88. The Morgan fingerprint density at radius 1 is 1.46 bits per heavy atom. The van der Waals surface area contributed by atoms with Crippen LogP contribution in [-0.2, 0) is 14.4 Å². The third-order valence-electron chi connectivity index (χ3n) is 1.05. The van der Waals surface area contributed by atoms with Crippen molar-refractivity contribution in [2.75, 3.05) is 13.2 Å². The first-order valence-corrected chi connectivity index (χ1v) is 3.88. The van der Waals surface area contributed by atoms with Gasteiger partial charge in [0.2, 0.25) is 0 Å². The molecule has 0 radical (unpaired) electrons. The molecule has 0 unspecified atom stereocenters. The average molecular weight is 190 g/mol. The van der Waals surface area contributed by atoms with Crippen LogP contribution in [0, 0.1) is 0 Å². The van der Waals surface area contributed by atoms with Crippen molar-refractivity contribution in [2.24, 2.45) is 0 Å². The molecule has 0 heterocycles. The Hall–Kier alpha value is -1.14. The molecule has 0 fully saturated rings. The quantitative estimate of drug-likeness (QED) is 0.473. The van der Waals surface area contributed by atoms with E-state index < -0.39 is 18.5 Å². The van der Waals surface area contributed by atoms with Gasteiger partial charge in [-0.1, -0.05) is 13.8 Å². The molecule has 1 amide bonds. The number of amides is 1. The van der Waals surface area contributed by atoms with Gasteiger partial charge in [0.05, 0.1) is 6.54 Å². The highest BCUT2D eigenvalue weighted by Gasteiger charge is 2.02. The smallest absolute Gasteiger partial charge is 0.332 e. The van der Waals surface area contributed by atoms with Crippen molar-refractivity contribution >= 4 is 11.9 Å². The molecule has 3 N–H and O–H groups in total. The minimum Gasteiger partial charge on any atom is -0.479 e.